The summed E-state index contributed by atoms with van der Waals surface area (Å²) in [4.78, 5) is 18.5. The van der Waals surface area contributed by atoms with E-state index in [1.807, 2.05) is 12.1 Å². The molecule has 0 unspecified atom stereocenters. The van der Waals surface area contributed by atoms with Crippen LogP contribution >= 0.6 is 11.6 Å². The van der Waals surface area contributed by atoms with Gasteiger partial charge < -0.3 is 10.3 Å². The summed E-state index contributed by atoms with van der Waals surface area (Å²) in [6.07, 6.45) is 2.43. The summed E-state index contributed by atoms with van der Waals surface area (Å²) in [6, 6.07) is 23.5. The molecular formula is C28H26ClN3O. The van der Waals surface area contributed by atoms with E-state index in [9.17, 15) is 4.79 Å². The van der Waals surface area contributed by atoms with Crippen molar-refractivity contribution in [2.24, 2.45) is 0 Å². The Labute approximate surface area is 198 Å². The van der Waals surface area contributed by atoms with Gasteiger partial charge in [-0.25, -0.2) is 0 Å². The van der Waals surface area contributed by atoms with Crippen molar-refractivity contribution in [1.82, 2.24) is 15.2 Å². The van der Waals surface area contributed by atoms with Crippen LogP contribution in [0, 0.1) is 0 Å². The molecule has 6 rings (SSSR count). The highest BCUT2D eigenvalue weighted by Crippen LogP contribution is 2.35. The maximum atomic E-state index is 12.4. The van der Waals surface area contributed by atoms with Gasteiger partial charge in [-0.2, -0.15) is 0 Å². The number of carbonyl (C=O) groups excluding carboxylic acids is 1. The van der Waals surface area contributed by atoms with Gasteiger partial charge in [0.1, 0.15) is 0 Å². The third-order valence-electron chi connectivity index (χ3n) is 7.15. The van der Waals surface area contributed by atoms with Crippen LogP contribution in [0.3, 0.4) is 0 Å². The molecule has 1 amide bonds. The van der Waals surface area contributed by atoms with Crippen LogP contribution in [0.15, 0.2) is 66.7 Å². The van der Waals surface area contributed by atoms with E-state index in [1.165, 1.54) is 29.4 Å². The molecule has 0 radical (unpaired) electrons. The maximum absolute atomic E-state index is 12.4. The molecule has 0 saturated carbocycles. The number of H-pyrrole nitrogens is 1. The number of piperidine rings is 1. The number of hydrogen-bond donors (Lipinski definition) is 2. The number of nitrogens with one attached hydrogen (secondary N) is 2. The molecule has 1 saturated heterocycles. The topological polar surface area (TPSA) is 48.1 Å². The number of carbonyl (C=O) groups is 1. The first kappa shape index (κ1) is 20.5. The molecule has 1 fully saturated rings. The number of halogens is 1. The van der Waals surface area contributed by atoms with E-state index in [0.717, 1.165) is 42.0 Å². The zero-order valence-electron chi connectivity index (χ0n) is 18.4. The summed E-state index contributed by atoms with van der Waals surface area (Å²) < 4.78 is 0. The molecule has 1 aromatic heterocycles. The van der Waals surface area contributed by atoms with E-state index in [2.05, 4.69) is 69.8 Å². The molecule has 3 heterocycles. The molecule has 2 N–H and O–H groups in total. The van der Waals surface area contributed by atoms with Crippen molar-refractivity contribution in [3.05, 3.63) is 94.0 Å². The fourth-order valence-electron chi connectivity index (χ4n) is 5.37. The SMILES string of the molecule is O=C1NCc2c(Cl)ccc(-c3cc4cc(CN5CCC(c6ccccc6)CC5)ccc4[nH]3)c21. The van der Waals surface area contributed by atoms with Crippen LogP contribution in [0.2, 0.25) is 5.02 Å². The van der Waals surface area contributed by atoms with Gasteiger partial charge in [-0.05, 0) is 67.2 Å². The summed E-state index contributed by atoms with van der Waals surface area (Å²) in [7, 11) is 0. The van der Waals surface area contributed by atoms with Crippen LogP contribution in [0.5, 0.6) is 0 Å². The smallest absolute Gasteiger partial charge is 0.252 e. The molecule has 0 atom stereocenters. The van der Waals surface area contributed by atoms with Crippen LogP contribution in [0.1, 0.15) is 45.8 Å². The molecule has 4 aromatic rings. The van der Waals surface area contributed by atoms with Crippen molar-refractivity contribution in [2.75, 3.05) is 13.1 Å². The van der Waals surface area contributed by atoms with Gasteiger partial charge in [-0.15, -0.1) is 0 Å². The third kappa shape index (κ3) is 3.84. The van der Waals surface area contributed by atoms with Crippen LogP contribution in [-0.2, 0) is 13.1 Å². The second kappa shape index (κ2) is 8.36. The van der Waals surface area contributed by atoms with Gasteiger partial charge in [0.2, 0.25) is 0 Å². The largest absolute Gasteiger partial charge is 0.355 e. The Kier molecular flexibility index (Phi) is 5.20. The average molecular weight is 456 g/mol. The second-order valence-electron chi connectivity index (χ2n) is 9.20. The molecule has 0 spiro atoms. The molecule has 166 valence electrons. The zero-order chi connectivity index (χ0) is 22.4. The van der Waals surface area contributed by atoms with Crippen LogP contribution in [-0.4, -0.2) is 28.9 Å². The summed E-state index contributed by atoms with van der Waals surface area (Å²) in [5.74, 6) is 0.621. The van der Waals surface area contributed by atoms with E-state index in [1.54, 1.807) is 0 Å². The van der Waals surface area contributed by atoms with Crippen LogP contribution in [0.4, 0.5) is 0 Å². The number of aromatic nitrogens is 1. The van der Waals surface area contributed by atoms with Gasteiger partial charge in [-0.1, -0.05) is 54.1 Å². The van der Waals surface area contributed by atoms with Gasteiger partial charge in [0.15, 0.2) is 0 Å². The number of fused-ring (bicyclic) bond motifs is 2. The van der Waals surface area contributed by atoms with E-state index in [4.69, 9.17) is 11.6 Å². The third-order valence-corrected chi connectivity index (χ3v) is 7.50. The lowest BCUT2D eigenvalue weighted by Gasteiger charge is -2.32. The van der Waals surface area contributed by atoms with Gasteiger partial charge in [-0.3, -0.25) is 9.69 Å². The molecule has 5 heteroatoms. The Balaban J connectivity index is 1.20. The van der Waals surface area contributed by atoms with E-state index >= 15 is 0 Å². The molecule has 33 heavy (non-hydrogen) atoms. The van der Waals surface area contributed by atoms with Crippen molar-refractivity contribution in [2.45, 2.75) is 31.8 Å². The van der Waals surface area contributed by atoms with Crippen LogP contribution < -0.4 is 5.32 Å². The lowest BCUT2D eigenvalue weighted by molar-refractivity contribution is 0.0966. The Morgan fingerprint density at radius 3 is 2.61 bits per heavy atom. The standard InChI is InChI=1S/C28H26ClN3O/c29-24-8-7-22(27-23(24)16-30-28(27)33)26-15-21-14-18(6-9-25(21)31-26)17-32-12-10-20(11-13-32)19-4-2-1-3-5-19/h1-9,14-15,20,31H,10-13,16-17H2,(H,30,33). The fraction of sp³-hybridized carbons (Fsp3) is 0.250. The Bertz CT molecular complexity index is 1340. The van der Waals surface area contributed by atoms with Crippen molar-refractivity contribution in [3.63, 3.8) is 0 Å². The van der Waals surface area contributed by atoms with Gasteiger partial charge in [0, 0.05) is 45.8 Å². The number of amides is 1. The predicted molar refractivity (Wildman–Crippen MR) is 134 cm³/mol. The number of hydrogen-bond acceptors (Lipinski definition) is 2. The molecule has 0 bridgehead atoms. The van der Waals surface area contributed by atoms with Crippen molar-refractivity contribution < 1.29 is 4.79 Å². The summed E-state index contributed by atoms with van der Waals surface area (Å²) >= 11 is 6.32. The number of nitrogens with zero attached hydrogens (tertiary/aromatic N) is 1. The number of aromatic amines is 1. The minimum atomic E-state index is -0.0549. The first-order valence-electron chi connectivity index (χ1n) is 11.6. The van der Waals surface area contributed by atoms with Crippen molar-refractivity contribution >= 4 is 28.4 Å². The molecule has 2 aliphatic rings. The second-order valence-corrected chi connectivity index (χ2v) is 9.60. The number of benzene rings is 3. The molecule has 0 aliphatic carbocycles. The number of rotatable bonds is 4. The highest BCUT2D eigenvalue weighted by molar-refractivity contribution is 6.32. The van der Waals surface area contributed by atoms with Gasteiger partial charge in [0.05, 0.1) is 5.56 Å². The molecule has 3 aromatic carbocycles. The zero-order valence-corrected chi connectivity index (χ0v) is 19.2. The molecule has 4 nitrogen and oxygen atoms in total. The minimum absolute atomic E-state index is 0.0549. The Morgan fingerprint density at radius 1 is 0.970 bits per heavy atom. The highest BCUT2D eigenvalue weighted by atomic mass is 35.5. The fourth-order valence-corrected chi connectivity index (χ4v) is 5.59. The quantitative estimate of drug-likeness (QED) is 0.390. The average Bonchev–Trinajstić information content (AvgIpc) is 3.45. The van der Waals surface area contributed by atoms with E-state index in [-0.39, 0.29) is 5.91 Å². The monoisotopic (exact) mass is 455 g/mol. The maximum Gasteiger partial charge on any atom is 0.252 e. The van der Waals surface area contributed by atoms with Crippen LogP contribution in [0.25, 0.3) is 22.2 Å². The Morgan fingerprint density at radius 2 is 1.79 bits per heavy atom. The van der Waals surface area contributed by atoms with E-state index in [0.29, 0.717) is 23.0 Å². The summed E-state index contributed by atoms with van der Waals surface area (Å²) in [5, 5.41) is 4.71. The lowest BCUT2D eigenvalue weighted by atomic mass is 9.89. The van der Waals surface area contributed by atoms with Crippen molar-refractivity contribution in [3.8, 4) is 11.3 Å². The summed E-state index contributed by atoms with van der Waals surface area (Å²) in [6.45, 7) is 3.72. The Hall–Kier alpha value is -3.08. The lowest BCUT2D eigenvalue weighted by Crippen LogP contribution is -2.32. The highest BCUT2D eigenvalue weighted by Gasteiger charge is 2.26. The predicted octanol–water partition coefficient (Wildman–Crippen LogP) is 6.11. The minimum Gasteiger partial charge on any atom is -0.355 e. The summed E-state index contributed by atoms with van der Waals surface area (Å²) in [5.41, 5.74) is 7.32. The number of likely N-dealkylation sites (tertiary alicyclic amines) is 1. The molecular weight excluding hydrogens is 430 g/mol. The first-order valence-corrected chi connectivity index (χ1v) is 12.0. The van der Waals surface area contributed by atoms with E-state index < -0.39 is 0 Å². The first-order chi connectivity index (χ1) is 16.2. The normalized spacial score (nSPS) is 16.8. The van der Waals surface area contributed by atoms with Crippen molar-refractivity contribution in [1.29, 1.82) is 0 Å². The van der Waals surface area contributed by atoms with Gasteiger partial charge in [0.25, 0.3) is 5.91 Å². The van der Waals surface area contributed by atoms with Gasteiger partial charge >= 0.3 is 0 Å². The molecule has 2 aliphatic heterocycles.